The monoisotopic (exact) mass is 373 g/mol. The smallest absolute Gasteiger partial charge is 0.145 e. The minimum atomic E-state index is -0.597. The third-order valence-corrected chi connectivity index (χ3v) is 3.73. The van der Waals surface area contributed by atoms with Gasteiger partial charge >= 0.3 is 0 Å². The third kappa shape index (κ3) is 3.24. The summed E-state index contributed by atoms with van der Waals surface area (Å²) in [6.07, 6.45) is 0. The topological polar surface area (TPSA) is 33.0 Å². The average Bonchev–Trinajstić information content (AvgIpc) is 2.45. The highest BCUT2D eigenvalue weighted by molar-refractivity contribution is 9.10. The van der Waals surface area contributed by atoms with Crippen LogP contribution in [0.2, 0.25) is 5.02 Å². The number of rotatable bonds is 3. The van der Waals surface area contributed by atoms with Gasteiger partial charge in [0, 0.05) is 11.9 Å². The van der Waals surface area contributed by atoms with E-state index in [-0.39, 0.29) is 10.8 Å². The van der Waals surface area contributed by atoms with Gasteiger partial charge in [0.15, 0.2) is 0 Å². The Morgan fingerprint density at radius 3 is 2.65 bits per heavy atom. The van der Waals surface area contributed by atoms with E-state index < -0.39 is 5.82 Å². The fraction of sp³-hybridized carbons (Fsp3) is 0.0714. The highest BCUT2D eigenvalue weighted by Gasteiger charge is 2.11. The van der Waals surface area contributed by atoms with E-state index in [4.69, 9.17) is 33.2 Å². The first-order valence-corrected chi connectivity index (χ1v) is 7.17. The molecule has 2 rings (SSSR count). The van der Waals surface area contributed by atoms with Crippen LogP contribution in [0.15, 0.2) is 34.8 Å². The number of nitrogens with zero attached hydrogens (tertiary/aromatic N) is 1. The summed E-state index contributed by atoms with van der Waals surface area (Å²) in [5.74, 6) is 0.264. The maximum Gasteiger partial charge on any atom is 0.145 e. The van der Waals surface area contributed by atoms with Crippen molar-refractivity contribution in [2.45, 2.75) is 5.88 Å². The van der Waals surface area contributed by atoms with Crippen molar-refractivity contribution in [3.05, 3.63) is 56.8 Å². The molecule has 0 saturated heterocycles. The van der Waals surface area contributed by atoms with E-state index in [1.165, 1.54) is 6.07 Å². The predicted octanol–water partition coefficient (Wildman–Crippen LogP) is 5.64. The molecule has 102 valence electrons. The van der Waals surface area contributed by atoms with Gasteiger partial charge in [-0.05, 0) is 39.7 Å². The number of halogens is 4. The van der Waals surface area contributed by atoms with Crippen molar-refractivity contribution in [2.75, 3.05) is 0 Å². The van der Waals surface area contributed by atoms with Gasteiger partial charge in [0.05, 0.1) is 15.1 Å². The van der Waals surface area contributed by atoms with Crippen LogP contribution in [-0.2, 0) is 5.88 Å². The van der Waals surface area contributed by atoms with Crippen molar-refractivity contribution >= 4 is 39.1 Å². The van der Waals surface area contributed by atoms with Crippen molar-refractivity contribution in [1.82, 2.24) is 0 Å². The second-order valence-electron chi connectivity index (χ2n) is 3.87. The number of benzene rings is 2. The second kappa shape index (κ2) is 6.45. The van der Waals surface area contributed by atoms with Gasteiger partial charge in [0.1, 0.15) is 23.4 Å². The predicted molar refractivity (Wildman–Crippen MR) is 79.9 cm³/mol. The molecule has 0 aliphatic heterocycles. The normalized spacial score (nSPS) is 10.2. The zero-order chi connectivity index (χ0) is 14.7. The Morgan fingerprint density at radius 2 is 2.00 bits per heavy atom. The molecule has 0 aromatic heterocycles. The molecular formula is C14H7BrCl2FNO. The third-order valence-electron chi connectivity index (χ3n) is 2.51. The SMILES string of the molecule is N#Cc1cc(CCl)ccc1Oc1cc(F)c(Cl)cc1Br. The van der Waals surface area contributed by atoms with Crippen LogP contribution in [0.5, 0.6) is 11.5 Å². The first-order valence-electron chi connectivity index (χ1n) is 5.46. The lowest BCUT2D eigenvalue weighted by Crippen LogP contribution is -1.92. The maximum atomic E-state index is 13.4. The van der Waals surface area contributed by atoms with Gasteiger partial charge in [-0.2, -0.15) is 5.26 Å². The van der Waals surface area contributed by atoms with Crippen LogP contribution in [0.4, 0.5) is 4.39 Å². The lowest BCUT2D eigenvalue weighted by molar-refractivity contribution is 0.472. The zero-order valence-corrected chi connectivity index (χ0v) is 13.1. The fourth-order valence-corrected chi connectivity index (χ4v) is 2.42. The summed E-state index contributed by atoms with van der Waals surface area (Å²) >= 11 is 14.6. The molecule has 0 atom stereocenters. The van der Waals surface area contributed by atoms with E-state index >= 15 is 0 Å². The first-order chi connectivity index (χ1) is 9.55. The number of hydrogen-bond acceptors (Lipinski definition) is 2. The molecule has 2 nitrogen and oxygen atoms in total. The van der Waals surface area contributed by atoms with Gasteiger partial charge in [-0.3, -0.25) is 0 Å². The summed E-state index contributed by atoms with van der Waals surface area (Å²) < 4.78 is 19.5. The van der Waals surface area contributed by atoms with E-state index in [0.717, 1.165) is 11.6 Å². The molecule has 0 N–H and O–H groups in total. The molecule has 2 aromatic carbocycles. The van der Waals surface area contributed by atoms with Crippen LogP contribution < -0.4 is 4.74 Å². The molecule has 6 heteroatoms. The van der Waals surface area contributed by atoms with Crippen LogP contribution >= 0.6 is 39.1 Å². The molecule has 0 unspecified atom stereocenters. The van der Waals surface area contributed by atoms with Crippen molar-refractivity contribution in [1.29, 1.82) is 5.26 Å². The molecular weight excluding hydrogens is 368 g/mol. The molecule has 2 aromatic rings. The summed E-state index contributed by atoms with van der Waals surface area (Å²) in [5, 5.41) is 9.09. The summed E-state index contributed by atoms with van der Waals surface area (Å²) in [6.45, 7) is 0. The summed E-state index contributed by atoms with van der Waals surface area (Å²) in [4.78, 5) is 0. The lowest BCUT2D eigenvalue weighted by atomic mass is 10.1. The molecule has 20 heavy (non-hydrogen) atoms. The van der Waals surface area contributed by atoms with Crippen LogP contribution in [0.3, 0.4) is 0 Å². The van der Waals surface area contributed by atoms with E-state index in [1.54, 1.807) is 18.2 Å². The number of nitriles is 1. The Morgan fingerprint density at radius 1 is 1.25 bits per heavy atom. The largest absolute Gasteiger partial charge is 0.455 e. The van der Waals surface area contributed by atoms with Gasteiger partial charge in [-0.1, -0.05) is 17.7 Å². The Kier molecular flexibility index (Phi) is 4.87. The summed E-state index contributed by atoms with van der Waals surface area (Å²) in [7, 11) is 0. The number of alkyl halides is 1. The lowest BCUT2D eigenvalue weighted by Gasteiger charge is -2.10. The van der Waals surface area contributed by atoms with Gasteiger partial charge in [-0.25, -0.2) is 4.39 Å². The molecule has 0 heterocycles. The Bertz CT molecular complexity index is 700. The number of hydrogen-bond donors (Lipinski definition) is 0. The molecule has 0 fully saturated rings. The maximum absolute atomic E-state index is 13.4. The van der Waals surface area contributed by atoms with Gasteiger partial charge in [0.25, 0.3) is 0 Å². The van der Waals surface area contributed by atoms with Gasteiger partial charge < -0.3 is 4.74 Å². The highest BCUT2D eigenvalue weighted by atomic mass is 79.9. The summed E-state index contributed by atoms with van der Waals surface area (Å²) in [6, 6.07) is 9.55. The molecule has 0 amide bonds. The van der Waals surface area contributed by atoms with E-state index in [0.29, 0.717) is 21.7 Å². The quantitative estimate of drug-likeness (QED) is 0.514. The van der Waals surface area contributed by atoms with Crippen LogP contribution in [0.1, 0.15) is 11.1 Å². The fourth-order valence-electron chi connectivity index (χ4n) is 1.54. The summed E-state index contributed by atoms with van der Waals surface area (Å²) in [5.41, 5.74) is 1.13. The molecule has 0 bridgehead atoms. The first kappa shape index (κ1) is 15.1. The van der Waals surface area contributed by atoms with Crippen molar-refractivity contribution in [3.8, 4) is 17.6 Å². The van der Waals surface area contributed by atoms with Crippen LogP contribution in [0, 0.1) is 17.1 Å². The minimum absolute atomic E-state index is 0.0118. The van der Waals surface area contributed by atoms with E-state index in [2.05, 4.69) is 15.9 Å². The Labute approximate surface area is 133 Å². The van der Waals surface area contributed by atoms with E-state index in [1.807, 2.05) is 6.07 Å². The second-order valence-corrected chi connectivity index (χ2v) is 5.40. The highest BCUT2D eigenvalue weighted by Crippen LogP contribution is 2.35. The average molecular weight is 375 g/mol. The van der Waals surface area contributed by atoms with Crippen molar-refractivity contribution < 1.29 is 9.13 Å². The molecule has 0 saturated carbocycles. The van der Waals surface area contributed by atoms with Crippen LogP contribution in [0.25, 0.3) is 0 Å². The van der Waals surface area contributed by atoms with Crippen molar-refractivity contribution in [2.24, 2.45) is 0 Å². The minimum Gasteiger partial charge on any atom is -0.455 e. The van der Waals surface area contributed by atoms with E-state index in [9.17, 15) is 4.39 Å². The van der Waals surface area contributed by atoms with Crippen LogP contribution in [-0.4, -0.2) is 0 Å². The molecule has 0 spiro atoms. The number of ether oxygens (including phenoxy) is 1. The standard InChI is InChI=1S/C14H7BrCl2FNO/c15-10-4-11(17)12(18)5-14(10)20-13-2-1-8(6-16)3-9(13)7-19/h1-5H,6H2. The Balaban J connectivity index is 2.40. The van der Waals surface area contributed by atoms with Gasteiger partial charge in [-0.15, -0.1) is 11.6 Å². The molecule has 0 radical (unpaired) electrons. The Hall–Kier alpha value is -1.28. The molecule has 0 aliphatic carbocycles. The molecule has 0 aliphatic rings. The van der Waals surface area contributed by atoms with Gasteiger partial charge in [0.2, 0.25) is 0 Å². The zero-order valence-electron chi connectivity index (χ0n) is 9.96. The van der Waals surface area contributed by atoms with Crippen molar-refractivity contribution in [3.63, 3.8) is 0 Å².